The van der Waals surface area contributed by atoms with Crippen molar-refractivity contribution in [2.75, 3.05) is 5.75 Å². The summed E-state index contributed by atoms with van der Waals surface area (Å²) in [7, 11) is 0. The second-order valence-electron chi connectivity index (χ2n) is 2.88. The van der Waals surface area contributed by atoms with Gasteiger partial charge in [-0.3, -0.25) is 19.7 Å². The van der Waals surface area contributed by atoms with Crippen LogP contribution in [-0.2, 0) is 14.4 Å². The lowest BCUT2D eigenvalue weighted by molar-refractivity contribution is -0.138. The van der Waals surface area contributed by atoms with E-state index in [2.05, 4.69) is 5.32 Å². The zero-order chi connectivity index (χ0) is 10.7. The first kappa shape index (κ1) is 11.0. The van der Waals surface area contributed by atoms with Gasteiger partial charge in [0.15, 0.2) is 0 Å². The molecule has 0 aromatic carbocycles. The van der Waals surface area contributed by atoms with Crippen molar-refractivity contribution in [3.05, 3.63) is 0 Å². The fraction of sp³-hybridized carbons (Fsp3) is 0.571. The van der Waals surface area contributed by atoms with Crippen molar-refractivity contribution in [3.63, 3.8) is 0 Å². The van der Waals surface area contributed by atoms with Crippen LogP contribution in [0, 0.1) is 0 Å². The van der Waals surface area contributed by atoms with Crippen molar-refractivity contribution in [1.82, 2.24) is 5.32 Å². The number of carbonyl (C=O) groups is 3. The van der Waals surface area contributed by atoms with Crippen molar-refractivity contribution in [3.8, 4) is 0 Å². The Morgan fingerprint density at radius 2 is 2.36 bits per heavy atom. The number of hydrogen-bond acceptors (Lipinski definition) is 5. The van der Waals surface area contributed by atoms with Gasteiger partial charge in [0.25, 0.3) is 0 Å². The van der Waals surface area contributed by atoms with Crippen LogP contribution in [0.2, 0.25) is 0 Å². The molecule has 78 valence electrons. The standard InChI is InChI=1S/C7H10N2O4S/c8-3(7(12)13)2-14-4-1-5(10)9-6(4)11/h3-4H,1-2,8H2,(H,12,13)(H,9,10,11). The molecule has 0 spiro atoms. The number of carboxylic acid groups (broad SMARTS) is 1. The molecule has 0 saturated carbocycles. The lowest BCUT2D eigenvalue weighted by Crippen LogP contribution is -2.34. The fourth-order valence-electron chi connectivity index (χ4n) is 0.956. The molecule has 7 heteroatoms. The third-order valence-corrected chi connectivity index (χ3v) is 3.05. The molecule has 1 fully saturated rings. The predicted molar refractivity (Wildman–Crippen MR) is 49.6 cm³/mol. The van der Waals surface area contributed by atoms with Gasteiger partial charge in [0.05, 0.1) is 5.25 Å². The predicted octanol–water partition coefficient (Wildman–Crippen LogP) is -1.45. The van der Waals surface area contributed by atoms with E-state index in [0.29, 0.717) is 0 Å². The van der Waals surface area contributed by atoms with Gasteiger partial charge < -0.3 is 10.8 Å². The Morgan fingerprint density at radius 1 is 1.71 bits per heavy atom. The first-order valence-corrected chi connectivity index (χ1v) is 4.99. The van der Waals surface area contributed by atoms with E-state index in [1.54, 1.807) is 0 Å². The van der Waals surface area contributed by atoms with E-state index < -0.39 is 17.3 Å². The molecule has 0 aromatic heterocycles. The van der Waals surface area contributed by atoms with Crippen molar-refractivity contribution < 1.29 is 19.5 Å². The summed E-state index contributed by atoms with van der Waals surface area (Å²) < 4.78 is 0. The maximum atomic E-state index is 11.0. The summed E-state index contributed by atoms with van der Waals surface area (Å²) in [5.41, 5.74) is 5.24. The van der Waals surface area contributed by atoms with E-state index in [1.807, 2.05) is 0 Å². The quantitative estimate of drug-likeness (QED) is 0.498. The first-order valence-electron chi connectivity index (χ1n) is 3.94. The van der Waals surface area contributed by atoms with Crippen LogP contribution in [0.1, 0.15) is 6.42 Å². The van der Waals surface area contributed by atoms with Crippen molar-refractivity contribution in [1.29, 1.82) is 0 Å². The van der Waals surface area contributed by atoms with Gasteiger partial charge in [0.2, 0.25) is 11.8 Å². The molecule has 4 N–H and O–H groups in total. The van der Waals surface area contributed by atoms with Crippen molar-refractivity contribution in [2.45, 2.75) is 17.7 Å². The molecule has 0 radical (unpaired) electrons. The SMILES string of the molecule is NC(CSC1CC(=O)NC1=O)C(=O)O. The molecule has 1 saturated heterocycles. The van der Waals surface area contributed by atoms with E-state index in [1.165, 1.54) is 0 Å². The number of amides is 2. The topological polar surface area (TPSA) is 109 Å². The third kappa shape index (κ3) is 2.71. The summed E-state index contributed by atoms with van der Waals surface area (Å²) in [5.74, 6) is -1.67. The Hall–Kier alpha value is -1.08. The lowest BCUT2D eigenvalue weighted by atomic mass is 10.3. The maximum absolute atomic E-state index is 11.0. The first-order chi connectivity index (χ1) is 6.50. The Morgan fingerprint density at radius 3 is 2.79 bits per heavy atom. The van der Waals surface area contributed by atoms with Crippen LogP contribution < -0.4 is 11.1 Å². The van der Waals surface area contributed by atoms with Crippen LogP contribution in [0.15, 0.2) is 0 Å². The van der Waals surface area contributed by atoms with Gasteiger partial charge in [-0.1, -0.05) is 0 Å². The number of carboxylic acids is 1. The molecule has 6 nitrogen and oxygen atoms in total. The highest BCUT2D eigenvalue weighted by molar-refractivity contribution is 8.00. The summed E-state index contributed by atoms with van der Waals surface area (Å²) in [5, 5.41) is 10.1. The number of nitrogens with two attached hydrogens (primary N) is 1. The minimum atomic E-state index is -1.11. The zero-order valence-electron chi connectivity index (χ0n) is 7.23. The minimum absolute atomic E-state index is 0.107. The highest BCUT2D eigenvalue weighted by Crippen LogP contribution is 2.19. The largest absolute Gasteiger partial charge is 0.480 e. The molecule has 1 heterocycles. The van der Waals surface area contributed by atoms with E-state index in [4.69, 9.17) is 10.8 Å². The van der Waals surface area contributed by atoms with Gasteiger partial charge in [0, 0.05) is 12.2 Å². The van der Waals surface area contributed by atoms with E-state index in [-0.39, 0.29) is 24.0 Å². The van der Waals surface area contributed by atoms with E-state index >= 15 is 0 Å². The summed E-state index contributed by atoms with van der Waals surface area (Å²) in [6.45, 7) is 0. The van der Waals surface area contributed by atoms with Gasteiger partial charge in [-0.2, -0.15) is 0 Å². The summed E-state index contributed by atoms with van der Waals surface area (Å²) >= 11 is 1.09. The normalized spacial score (nSPS) is 23.4. The Labute approximate surface area is 84.2 Å². The minimum Gasteiger partial charge on any atom is -0.480 e. The number of thioether (sulfide) groups is 1. The molecule has 2 unspecified atom stereocenters. The maximum Gasteiger partial charge on any atom is 0.321 e. The summed E-state index contributed by atoms with van der Waals surface area (Å²) in [4.78, 5) is 32.1. The average Bonchev–Trinajstić information content (AvgIpc) is 2.40. The summed E-state index contributed by atoms with van der Waals surface area (Å²) in [6.07, 6.45) is 0.107. The fourth-order valence-corrected chi connectivity index (χ4v) is 2.02. The van der Waals surface area contributed by atoms with Crippen LogP contribution >= 0.6 is 11.8 Å². The number of imide groups is 1. The molecule has 1 aliphatic heterocycles. The molecule has 2 atom stereocenters. The number of carbonyl (C=O) groups excluding carboxylic acids is 2. The second kappa shape index (κ2) is 4.43. The molecule has 0 aromatic rings. The number of rotatable bonds is 4. The van der Waals surface area contributed by atoms with E-state index in [0.717, 1.165) is 11.8 Å². The smallest absolute Gasteiger partial charge is 0.321 e. The Balaban J connectivity index is 2.35. The average molecular weight is 218 g/mol. The molecule has 2 amide bonds. The van der Waals surface area contributed by atoms with Crippen molar-refractivity contribution in [2.24, 2.45) is 5.73 Å². The number of aliphatic carboxylic acids is 1. The summed E-state index contributed by atoms with van der Waals surface area (Å²) in [6, 6.07) is -0.997. The van der Waals surface area contributed by atoms with Crippen LogP contribution in [0.4, 0.5) is 0 Å². The second-order valence-corrected chi connectivity index (χ2v) is 4.12. The van der Waals surface area contributed by atoms with Crippen LogP contribution in [-0.4, -0.2) is 39.9 Å². The van der Waals surface area contributed by atoms with Gasteiger partial charge in [-0.15, -0.1) is 11.8 Å². The highest BCUT2D eigenvalue weighted by Gasteiger charge is 2.31. The Bertz CT molecular complexity index is 281. The van der Waals surface area contributed by atoms with Crippen LogP contribution in [0.3, 0.4) is 0 Å². The third-order valence-electron chi connectivity index (χ3n) is 1.72. The van der Waals surface area contributed by atoms with E-state index in [9.17, 15) is 14.4 Å². The van der Waals surface area contributed by atoms with Crippen molar-refractivity contribution >= 4 is 29.5 Å². The molecule has 0 aliphatic carbocycles. The molecular weight excluding hydrogens is 208 g/mol. The van der Waals surface area contributed by atoms with Gasteiger partial charge in [-0.25, -0.2) is 0 Å². The Kier molecular flexibility index (Phi) is 3.48. The van der Waals surface area contributed by atoms with Gasteiger partial charge >= 0.3 is 5.97 Å². The monoisotopic (exact) mass is 218 g/mol. The molecule has 14 heavy (non-hydrogen) atoms. The van der Waals surface area contributed by atoms with Gasteiger partial charge in [-0.05, 0) is 0 Å². The number of nitrogens with one attached hydrogen (secondary N) is 1. The molecule has 1 rings (SSSR count). The van der Waals surface area contributed by atoms with Crippen LogP contribution in [0.25, 0.3) is 0 Å². The zero-order valence-corrected chi connectivity index (χ0v) is 8.04. The highest BCUT2D eigenvalue weighted by atomic mass is 32.2. The molecule has 1 aliphatic rings. The molecule has 0 bridgehead atoms. The van der Waals surface area contributed by atoms with Crippen LogP contribution in [0.5, 0.6) is 0 Å². The molecular formula is C7H10N2O4S. The lowest BCUT2D eigenvalue weighted by Gasteiger charge is -2.08. The number of hydrogen-bond donors (Lipinski definition) is 3. The van der Waals surface area contributed by atoms with Gasteiger partial charge in [0.1, 0.15) is 6.04 Å².